The molecule has 3 heteroatoms. The molecule has 0 aromatic carbocycles. The Kier molecular flexibility index (Phi) is 1.63. The molecular weight excluding hydrogens is 151 g/mol. The molecule has 0 aromatic heterocycles. The summed E-state index contributed by atoms with van der Waals surface area (Å²) in [7, 11) is 1.32. The molecule has 2 fully saturated rings. The van der Waals surface area contributed by atoms with Gasteiger partial charge in [-0.1, -0.05) is 19.8 Å². The summed E-state index contributed by atoms with van der Waals surface area (Å²) in [6.07, 6.45) is 4.02. The van der Waals surface area contributed by atoms with E-state index in [1.807, 2.05) is 6.92 Å². The Bertz CT molecular complexity index is 249. The summed E-state index contributed by atoms with van der Waals surface area (Å²) < 4.78 is 0. The maximum atomic E-state index is 11.5. The standard InChI is InChI=1S/C9H12BO2/c1-9-5-3-2-4-6(9)7(11)10-8(9)12/h6H,2-5H2,1H3. The van der Waals surface area contributed by atoms with Gasteiger partial charge in [0.2, 0.25) is 0 Å². The van der Waals surface area contributed by atoms with E-state index in [1.165, 1.54) is 7.28 Å². The van der Waals surface area contributed by atoms with E-state index < -0.39 is 0 Å². The lowest BCUT2D eigenvalue weighted by Gasteiger charge is -2.34. The SMILES string of the molecule is CC12CCCCC1C(=O)[B]C2=O. The first kappa shape index (κ1) is 8.02. The molecule has 2 aliphatic rings. The summed E-state index contributed by atoms with van der Waals surface area (Å²) in [4.78, 5) is 22.8. The van der Waals surface area contributed by atoms with E-state index in [-0.39, 0.29) is 22.7 Å². The first-order valence-corrected chi connectivity index (χ1v) is 4.57. The highest BCUT2D eigenvalue weighted by molar-refractivity contribution is 7.00. The maximum Gasteiger partial charge on any atom is 0.291 e. The molecular formula is C9H12BO2. The number of carbonyl (C=O) groups is 2. The largest absolute Gasteiger partial charge is 0.311 e. The minimum atomic E-state index is -0.324. The molecule has 1 aliphatic heterocycles. The fourth-order valence-corrected chi connectivity index (χ4v) is 2.48. The average Bonchev–Trinajstić information content (AvgIpc) is 2.25. The van der Waals surface area contributed by atoms with Crippen molar-refractivity contribution in [2.24, 2.45) is 11.3 Å². The summed E-state index contributed by atoms with van der Waals surface area (Å²) in [5.41, 5.74) is -0.186. The van der Waals surface area contributed by atoms with Crippen LogP contribution in [0, 0.1) is 11.3 Å². The topological polar surface area (TPSA) is 34.1 Å². The van der Waals surface area contributed by atoms with Gasteiger partial charge in [-0.2, -0.15) is 0 Å². The third kappa shape index (κ3) is 0.885. The van der Waals surface area contributed by atoms with E-state index in [0.717, 1.165) is 25.7 Å². The van der Waals surface area contributed by atoms with Crippen LogP contribution >= 0.6 is 0 Å². The van der Waals surface area contributed by atoms with Crippen molar-refractivity contribution < 1.29 is 9.59 Å². The van der Waals surface area contributed by atoms with Gasteiger partial charge in [-0.25, -0.2) is 0 Å². The van der Waals surface area contributed by atoms with E-state index >= 15 is 0 Å². The minimum absolute atomic E-state index is 0.0127. The van der Waals surface area contributed by atoms with Crippen LogP contribution in [-0.2, 0) is 9.59 Å². The molecule has 63 valence electrons. The van der Waals surface area contributed by atoms with Gasteiger partial charge in [0.15, 0.2) is 0 Å². The summed E-state index contributed by atoms with van der Waals surface area (Å²) in [6.45, 7) is 1.94. The van der Waals surface area contributed by atoms with Crippen LogP contribution in [0.15, 0.2) is 0 Å². The highest BCUT2D eigenvalue weighted by Crippen LogP contribution is 2.45. The number of fused-ring (bicyclic) bond motifs is 1. The summed E-state index contributed by atoms with van der Waals surface area (Å²) in [5, 5.41) is 0. The Morgan fingerprint density at radius 3 is 2.83 bits per heavy atom. The molecule has 0 aromatic rings. The molecule has 0 N–H and O–H groups in total. The lowest BCUT2D eigenvalue weighted by molar-refractivity contribution is -0.127. The Balaban J connectivity index is 2.33. The molecule has 2 nitrogen and oxygen atoms in total. The van der Waals surface area contributed by atoms with Crippen molar-refractivity contribution in [1.82, 2.24) is 0 Å². The molecule has 1 radical (unpaired) electrons. The van der Waals surface area contributed by atoms with Crippen molar-refractivity contribution in [3.8, 4) is 0 Å². The second-order valence-corrected chi connectivity index (χ2v) is 4.13. The second-order valence-electron chi connectivity index (χ2n) is 4.13. The highest BCUT2D eigenvalue weighted by atomic mass is 16.1. The fourth-order valence-electron chi connectivity index (χ4n) is 2.48. The smallest absolute Gasteiger partial charge is 0.291 e. The molecule has 12 heavy (non-hydrogen) atoms. The van der Waals surface area contributed by atoms with Crippen molar-refractivity contribution in [2.45, 2.75) is 32.6 Å². The van der Waals surface area contributed by atoms with Crippen molar-refractivity contribution in [2.75, 3.05) is 0 Å². The molecule has 1 aliphatic carbocycles. The van der Waals surface area contributed by atoms with Crippen LogP contribution < -0.4 is 0 Å². The highest BCUT2D eigenvalue weighted by Gasteiger charge is 2.52. The normalized spacial score (nSPS) is 40.9. The Morgan fingerprint density at radius 2 is 2.17 bits per heavy atom. The van der Waals surface area contributed by atoms with E-state index in [4.69, 9.17) is 0 Å². The van der Waals surface area contributed by atoms with Crippen LogP contribution in [0.1, 0.15) is 32.6 Å². The number of carbonyl (C=O) groups excluding carboxylic acids is 2. The minimum Gasteiger partial charge on any atom is -0.311 e. The quantitative estimate of drug-likeness (QED) is 0.498. The lowest BCUT2D eigenvalue weighted by Crippen LogP contribution is -2.33. The molecule has 0 bridgehead atoms. The van der Waals surface area contributed by atoms with Gasteiger partial charge in [-0.3, -0.25) is 0 Å². The fraction of sp³-hybridized carbons (Fsp3) is 0.778. The zero-order valence-corrected chi connectivity index (χ0v) is 7.30. The zero-order valence-electron chi connectivity index (χ0n) is 7.30. The molecule has 1 saturated carbocycles. The predicted octanol–water partition coefficient (Wildman–Crippen LogP) is 0.954. The van der Waals surface area contributed by atoms with Crippen molar-refractivity contribution in [3.63, 3.8) is 0 Å². The van der Waals surface area contributed by atoms with Crippen LogP contribution in [0.25, 0.3) is 0 Å². The molecule has 2 unspecified atom stereocenters. The predicted molar refractivity (Wildman–Crippen MR) is 45.8 cm³/mol. The van der Waals surface area contributed by atoms with Gasteiger partial charge in [0.25, 0.3) is 7.28 Å². The average molecular weight is 163 g/mol. The molecule has 1 heterocycles. The van der Waals surface area contributed by atoms with Gasteiger partial charge in [0.05, 0.1) is 5.68 Å². The molecule has 2 rings (SSSR count). The van der Waals surface area contributed by atoms with Gasteiger partial charge >= 0.3 is 0 Å². The number of hydrogen-bond acceptors (Lipinski definition) is 2. The van der Waals surface area contributed by atoms with Crippen LogP contribution in [0.4, 0.5) is 0 Å². The maximum absolute atomic E-state index is 11.5. The van der Waals surface area contributed by atoms with E-state index in [9.17, 15) is 9.59 Å². The van der Waals surface area contributed by atoms with Crippen molar-refractivity contribution in [3.05, 3.63) is 0 Å². The third-order valence-electron chi connectivity index (χ3n) is 3.39. The monoisotopic (exact) mass is 163 g/mol. The van der Waals surface area contributed by atoms with E-state index in [1.54, 1.807) is 0 Å². The van der Waals surface area contributed by atoms with Gasteiger partial charge < -0.3 is 9.59 Å². The van der Waals surface area contributed by atoms with Crippen molar-refractivity contribution in [1.29, 1.82) is 0 Å². The first-order chi connectivity index (χ1) is 5.64. The Hall–Kier alpha value is -0.595. The lowest BCUT2D eigenvalue weighted by atomic mass is 9.67. The molecule has 1 saturated heterocycles. The summed E-state index contributed by atoms with van der Waals surface area (Å²) >= 11 is 0. The zero-order chi connectivity index (χ0) is 8.77. The van der Waals surface area contributed by atoms with Crippen LogP contribution in [0.5, 0.6) is 0 Å². The van der Waals surface area contributed by atoms with E-state index in [0.29, 0.717) is 0 Å². The Labute approximate surface area is 73.0 Å². The Morgan fingerprint density at radius 1 is 1.42 bits per heavy atom. The molecule has 0 spiro atoms. The van der Waals surface area contributed by atoms with E-state index in [2.05, 4.69) is 0 Å². The molecule has 0 amide bonds. The van der Waals surface area contributed by atoms with Gasteiger partial charge in [-0.15, -0.1) is 0 Å². The number of rotatable bonds is 0. The van der Waals surface area contributed by atoms with Crippen LogP contribution in [0.3, 0.4) is 0 Å². The molecule has 2 atom stereocenters. The van der Waals surface area contributed by atoms with Crippen molar-refractivity contribution >= 4 is 18.6 Å². The van der Waals surface area contributed by atoms with Gasteiger partial charge in [0, 0.05) is 11.3 Å². The summed E-state index contributed by atoms with van der Waals surface area (Å²) in [5.74, 6) is 0.0127. The van der Waals surface area contributed by atoms with Gasteiger partial charge in [0.1, 0.15) is 5.68 Å². The third-order valence-corrected chi connectivity index (χ3v) is 3.39. The van der Waals surface area contributed by atoms with Gasteiger partial charge in [-0.05, 0) is 12.8 Å². The second kappa shape index (κ2) is 2.44. The first-order valence-electron chi connectivity index (χ1n) is 4.57. The number of hydrogen-bond donors (Lipinski definition) is 0. The van der Waals surface area contributed by atoms with Crippen LogP contribution in [-0.4, -0.2) is 18.6 Å². The van der Waals surface area contributed by atoms with Crippen LogP contribution in [0.2, 0.25) is 0 Å². The summed E-state index contributed by atoms with van der Waals surface area (Å²) in [6, 6.07) is 0.